The van der Waals surface area contributed by atoms with Crippen molar-refractivity contribution in [2.45, 2.75) is 6.92 Å². The maximum atomic E-state index is 11.3. The molecule has 0 spiro atoms. The second-order valence-corrected chi connectivity index (χ2v) is 4.15. The van der Waals surface area contributed by atoms with Crippen molar-refractivity contribution in [1.82, 2.24) is 0 Å². The minimum atomic E-state index is -0.534. The molecule has 0 saturated carbocycles. The Labute approximate surface area is 112 Å². The van der Waals surface area contributed by atoms with Crippen molar-refractivity contribution in [3.8, 4) is 23.5 Å². The maximum Gasteiger partial charge on any atom is 0.229 e. The molecular weight excluding hydrogens is 236 g/mol. The van der Waals surface area contributed by atoms with E-state index in [9.17, 15) is 9.59 Å². The highest BCUT2D eigenvalue weighted by atomic mass is 16.2. The van der Waals surface area contributed by atoms with E-state index in [1.54, 1.807) is 24.3 Å². The van der Waals surface area contributed by atoms with Gasteiger partial charge in [0, 0.05) is 18.1 Å². The van der Waals surface area contributed by atoms with Crippen LogP contribution < -0.4 is 0 Å². The zero-order valence-electron chi connectivity index (χ0n) is 10.5. The highest BCUT2D eigenvalue weighted by Gasteiger charge is 2.13. The topological polar surface area (TPSA) is 34.1 Å². The van der Waals surface area contributed by atoms with Crippen LogP contribution in [0.5, 0.6) is 0 Å². The van der Waals surface area contributed by atoms with Gasteiger partial charge in [0.25, 0.3) is 0 Å². The van der Waals surface area contributed by atoms with E-state index in [1.807, 2.05) is 0 Å². The Morgan fingerprint density at radius 3 is 1.84 bits per heavy atom. The van der Waals surface area contributed by atoms with Gasteiger partial charge in [-0.25, -0.2) is 0 Å². The second-order valence-electron chi connectivity index (χ2n) is 4.15. The van der Waals surface area contributed by atoms with Gasteiger partial charge in [0.15, 0.2) is 5.78 Å². The number of hydrogen-bond donors (Lipinski definition) is 0. The molecule has 1 aromatic rings. The molecule has 0 fully saturated rings. The van der Waals surface area contributed by atoms with Crippen molar-refractivity contribution in [3.63, 3.8) is 0 Å². The maximum absolute atomic E-state index is 11.3. The van der Waals surface area contributed by atoms with Crippen molar-refractivity contribution in [1.29, 1.82) is 0 Å². The summed E-state index contributed by atoms with van der Waals surface area (Å²) in [6, 6.07) is 15.1. The molecule has 19 heavy (non-hydrogen) atoms. The van der Waals surface area contributed by atoms with Gasteiger partial charge >= 0.3 is 0 Å². The van der Waals surface area contributed by atoms with Crippen molar-refractivity contribution in [2.24, 2.45) is 0 Å². The predicted octanol–water partition coefficient (Wildman–Crippen LogP) is 3.11. The first-order valence-corrected chi connectivity index (χ1v) is 5.85. The molecule has 0 amide bonds. The lowest BCUT2D eigenvalue weighted by Gasteiger charge is -2.10. The van der Waals surface area contributed by atoms with E-state index in [-0.39, 0.29) is 0 Å². The summed E-state index contributed by atoms with van der Waals surface area (Å²) in [5.41, 5.74) is 3.62. The van der Waals surface area contributed by atoms with Gasteiger partial charge in [-0.2, -0.15) is 0 Å². The van der Waals surface area contributed by atoms with E-state index in [0.717, 1.165) is 0 Å². The second kappa shape index (κ2) is 5.32. The van der Waals surface area contributed by atoms with Crippen molar-refractivity contribution in [2.75, 3.05) is 0 Å². The predicted molar refractivity (Wildman–Crippen MR) is 74.8 cm³/mol. The number of terminal acetylenes is 1. The number of benzene rings is 2. The molecule has 0 heterocycles. The molecule has 1 aromatic carbocycles. The van der Waals surface area contributed by atoms with Gasteiger partial charge in [-0.05, 0) is 23.3 Å². The van der Waals surface area contributed by atoms with Crippen LogP contribution in [0.25, 0.3) is 11.1 Å². The van der Waals surface area contributed by atoms with Crippen molar-refractivity contribution >= 4 is 11.6 Å². The van der Waals surface area contributed by atoms with Crippen LogP contribution in [-0.2, 0) is 4.79 Å². The number of carbonyl (C=O) groups excluding carboxylic acids is 2. The molecule has 0 bridgehead atoms. The monoisotopic (exact) mass is 248 g/mol. The first-order valence-electron chi connectivity index (χ1n) is 5.85. The third kappa shape index (κ3) is 2.61. The summed E-state index contributed by atoms with van der Waals surface area (Å²) in [5.74, 6) is 1.33. The van der Waals surface area contributed by atoms with Crippen molar-refractivity contribution in [3.05, 3.63) is 59.7 Å². The number of rotatable bonds is 2. The summed E-state index contributed by atoms with van der Waals surface area (Å²) in [6.07, 6.45) is 5.18. The molecule has 2 aliphatic rings. The summed E-state index contributed by atoms with van der Waals surface area (Å²) >= 11 is 0. The minimum absolute atomic E-state index is 0.303. The van der Waals surface area contributed by atoms with Gasteiger partial charge < -0.3 is 0 Å². The Kier molecular flexibility index (Phi) is 3.58. The van der Waals surface area contributed by atoms with E-state index in [2.05, 4.69) is 30.2 Å². The number of carbonyl (C=O) groups is 2. The van der Waals surface area contributed by atoms with E-state index < -0.39 is 11.6 Å². The van der Waals surface area contributed by atoms with Gasteiger partial charge in [0.1, 0.15) is 0 Å². The number of Topliss-reactive ketones (excluding diaryl/α,β-unsaturated/α-hetero) is 2. The highest BCUT2D eigenvalue weighted by molar-refractivity contribution is 6.43. The Bertz CT molecular complexity index is 652. The molecule has 0 saturated heterocycles. The normalized spacial score (nSPS) is 9.68. The number of fused-ring (bicyclic) bond motifs is 1. The molecule has 0 N–H and O–H groups in total. The summed E-state index contributed by atoms with van der Waals surface area (Å²) in [5, 5.41) is 0. The fourth-order valence-corrected chi connectivity index (χ4v) is 1.66. The van der Waals surface area contributed by atoms with Crippen LogP contribution in [0.4, 0.5) is 0 Å². The standard InChI is InChI=1S/C11H8O2.C6H4/c1-3-9-6-4-5-7-10(9)11(13)8(2)12;1-2-6-4-3-5(1)6/h1,4-7H,2H3;1-4H. The largest absolute Gasteiger partial charge is 0.291 e. The molecule has 0 atom stereocenters. The van der Waals surface area contributed by atoms with Gasteiger partial charge in [0.2, 0.25) is 5.78 Å². The number of ketones is 2. The SMILES string of the molecule is C#Cc1ccccc1C(=O)C(C)=O.c1cc2ccc1-2. The van der Waals surface area contributed by atoms with Crippen LogP contribution in [-0.4, -0.2) is 11.6 Å². The average molecular weight is 248 g/mol. The molecule has 0 aromatic heterocycles. The smallest absolute Gasteiger partial charge is 0.229 e. The molecule has 3 rings (SSSR count). The van der Waals surface area contributed by atoms with Gasteiger partial charge in [-0.3, -0.25) is 9.59 Å². The van der Waals surface area contributed by atoms with Gasteiger partial charge in [0.05, 0.1) is 0 Å². The van der Waals surface area contributed by atoms with E-state index in [4.69, 9.17) is 6.42 Å². The molecule has 2 nitrogen and oxygen atoms in total. The minimum Gasteiger partial charge on any atom is -0.291 e. The molecule has 0 aliphatic heterocycles. The Hall–Kier alpha value is -2.66. The summed E-state index contributed by atoms with van der Waals surface area (Å²) in [7, 11) is 0. The van der Waals surface area contributed by atoms with Crippen LogP contribution in [0.1, 0.15) is 22.8 Å². The Morgan fingerprint density at radius 2 is 1.47 bits per heavy atom. The quantitative estimate of drug-likeness (QED) is 0.397. The summed E-state index contributed by atoms with van der Waals surface area (Å²) < 4.78 is 0. The van der Waals surface area contributed by atoms with Crippen LogP contribution >= 0.6 is 0 Å². The molecule has 0 radical (unpaired) electrons. The lowest BCUT2D eigenvalue weighted by Crippen LogP contribution is -2.11. The summed E-state index contributed by atoms with van der Waals surface area (Å²) in [4.78, 5) is 22.1. The Morgan fingerprint density at radius 1 is 0.947 bits per heavy atom. The molecular formula is C17H12O2. The van der Waals surface area contributed by atoms with E-state index in [1.165, 1.54) is 18.1 Å². The molecule has 0 unspecified atom stereocenters. The Balaban J connectivity index is 0.000000180. The van der Waals surface area contributed by atoms with E-state index in [0.29, 0.717) is 11.1 Å². The van der Waals surface area contributed by atoms with Gasteiger partial charge in [-0.1, -0.05) is 42.3 Å². The lowest BCUT2D eigenvalue weighted by molar-refractivity contribution is -0.113. The fraction of sp³-hybridized carbons (Fsp3) is 0.0588. The van der Waals surface area contributed by atoms with E-state index >= 15 is 0 Å². The molecule has 2 aliphatic carbocycles. The zero-order valence-corrected chi connectivity index (χ0v) is 10.5. The highest BCUT2D eigenvalue weighted by Crippen LogP contribution is 2.29. The third-order valence-corrected chi connectivity index (χ3v) is 2.87. The van der Waals surface area contributed by atoms with Crippen LogP contribution in [0, 0.1) is 12.3 Å². The third-order valence-electron chi connectivity index (χ3n) is 2.87. The fourth-order valence-electron chi connectivity index (χ4n) is 1.66. The van der Waals surface area contributed by atoms with Crippen molar-refractivity contribution < 1.29 is 9.59 Å². The zero-order chi connectivity index (χ0) is 13.8. The number of hydrogen-bond acceptors (Lipinski definition) is 2. The molecule has 92 valence electrons. The van der Waals surface area contributed by atoms with Crippen LogP contribution in [0.3, 0.4) is 0 Å². The molecule has 2 heteroatoms. The lowest BCUT2D eigenvalue weighted by atomic mass is 9.95. The average Bonchev–Trinajstić information content (AvgIpc) is 2.42. The summed E-state index contributed by atoms with van der Waals surface area (Å²) in [6.45, 7) is 1.23. The van der Waals surface area contributed by atoms with Gasteiger partial charge in [-0.15, -0.1) is 6.42 Å². The first kappa shape index (κ1) is 12.8. The van der Waals surface area contributed by atoms with Crippen LogP contribution in [0.15, 0.2) is 48.5 Å². The van der Waals surface area contributed by atoms with Crippen LogP contribution in [0.2, 0.25) is 0 Å². The first-order chi connectivity index (χ1) is 9.13.